The molecule has 2 heterocycles. The summed E-state index contributed by atoms with van der Waals surface area (Å²) in [6, 6.07) is 6.17. The summed E-state index contributed by atoms with van der Waals surface area (Å²) in [6.45, 7) is 2.60. The van der Waals surface area contributed by atoms with Crippen LogP contribution in [0.4, 0.5) is 0 Å². The highest BCUT2D eigenvalue weighted by Gasteiger charge is 2.11. The lowest BCUT2D eigenvalue weighted by Crippen LogP contribution is -2.03. The van der Waals surface area contributed by atoms with Gasteiger partial charge in [-0.15, -0.1) is 0 Å². The summed E-state index contributed by atoms with van der Waals surface area (Å²) in [7, 11) is 0. The summed E-state index contributed by atoms with van der Waals surface area (Å²) in [5.41, 5.74) is 4.95. The molecule has 19 heavy (non-hydrogen) atoms. The highest BCUT2D eigenvalue weighted by atomic mass is 16.5. The Morgan fingerprint density at radius 2 is 1.95 bits per heavy atom. The molecule has 2 aromatic heterocycles. The van der Waals surface area contributed by atoms with Crippen LogP contribution in [0.3, 0.4) is 0 Å². The van der Waals surface area contributed by atoms with E-state index in [-0.39, 0.29) is 0 Å². The first-order chi connectivity index (χ1) is 9.36. The van der Waals surface area contributed by atoms with E-state index in [1.54, 1.807) is 6.20 Å². The van der Waals surface area contributed by atoms with Crippen molar-refractivity contribution in [1.29, 1.82) is 0 Å². The van der Waals surface area contributed by atoms with Crippen LogP contribution in [0.2, 0.25) is 0 Å². The largest absolute Gasteiger partial charge is 0.478 e. The number of aromatic nitrogens is 2. The maximum Gasteiger partial charge on any atom is 0.213 e. The second kappa shape index (κ2) is 5.39. The van der Waals surface area contributed by atoms with Crippen molar-refractivity contribution in [2.24, 2.45) is 0 Å². The average molecular weight is 254 g/mol. The van der Waals surface area contributed by atoms with Gasteiger partial charge < -0.3 is 4.74 Å². The summed E-state index contributed by atoms with van der Waals surface area (Å²) in [5.74, 6) is 0.666. The second-order valence-corrected chi connectivity index (χ2v) is 4.86. The number of aryl methyl sites for hydroxylation is 2. The molecule has 0 radical (unpaired) electrons. The molecule has 0 saturated heterocycles. The Kier molecular flexibility index (Phi) is 3.45. The molecular weight excluding hydrogens is 236 g/mol. The van der Waals surface area contributed by atoms with Gasteiger partial charge in [-0.05, 0) is 55.9 Å². The van der Waals surface area contributed by atoms with Gasteiger partial charge in [-0.1, -0.05) is 0 Å². The number of hydrogen-bond donors (Lipinski definition) is 0. The minimum absolute atomic E-state index is 0.633. The number of pyridine rings is 2. The van der Waals surface area contributed by atoms with Crippen molar-refractivity contribution in [2.75, 3.05) is 6.61 Å². The molecule has 3 rings (SSSR count). The zero-order valence-corrected chi connectivity index (χ0v) is 11.2. The summed E-state index contributed by atoms with van der Waals surface area (Å²) in [5, 5.41) is 0. The first-order valence-corrected chi connectivity index (χ1v) is 6.94. The third kappa shape index (κ3) is 2.60. The second-order valence-electron chi connectivity index (χ2n) is 4.86. The van der Waals surface area contributed by atoms with E-state index in [1.807, 2.05) is 25.3 Å². The van der Waals surface area contributed by atoms with Crippen LogP contribution < -0.4 is 4.74 Å². The zero-order chi connectivity index (χ0) is 13.1. The Balaban J connectivity index is 1.95. The number of hydrogen-bond acceptors (Lipinski definition) is 3. The molecule has 0 aliphatic heterocycles. The molecule has 3 heteroatoms. The number of rotatable bonds is 3. The average Bonchev–Trinajstić information content (AvgIpc) is 2.47. The smallest absolute Gasteiger partial charge is 0.213 e. The Hall–Kier alpha value is -1.90. The van der Waals surface area contributed by atoms with Crippen molar-refractivity contribution in [3.8, 4) is 17.1 Å². The lowest BCUT2D eigenvalue weighted by atomic mass is 9.92. The van der Waals surface area contributed by atoms with Gasteiger partial charge in [0.2, 0.25) is 5.88 Å². The predicted octanol–water partition coefficient (Wildman–Crippen LogP) is 3.42. The minimum Gasteiger partial charge on any atom is -0.478 e. The molecule has 3 nitrogen and oxygen atoms in total. The van der Waals surface area contributed by atoms with Crippen molar-refractivity contribution in [2.45, 2.75) is 32.6 Å². The van der Waals surface area contributed by atoms with Gasteiger partial charge in [0.05, 0.1) is 12.3 Å². The standard InChI is InChI=1S/C16H18N2O/c1-2-19-16-10-13(7-8-17-16)15-9-12-5-3-4-6-14(12)11-18-15/h7-11H,2-6H2,1H3. The molecular formula is C16H18N2O. The molecule has 0 bridgehead atoms. The molecule has 0 saturated carbocycles. The van der Waals surface area contributed by atoms with Crippen LogP contribution in [0.1, 0.15) is 30.9 Å². The van der Waals surface area contributed by atoms with Crippen LogP contribution >= 0.6 is 0 Å². The fraction of sp³-hybridized carbons (Fsp3) is 0.375. The maximum atomic E-state index is 5.44. The molecule has 0 atom stereocenters. The van der Waals surface area contributed by atoms with Gasteiger partial charge in [-0.2, -0.15) is 0 Å². The van der Waals surface area contributed by atoms with Crippen LogP contribution in [-0.4, -0.2) is 16.6 Å². The quantitative estimate of drug-likeness (QED) is 0.841. The van der Waals surface area contributed by atoms with Crippen LogP contribution in [0.5, 0.6) is 5.88 Å². The lowest BCUT2D eigenvalue weighted by Gasteiger charge is -2.16. The van der Waals surface area contributed by atoms with E-state index in [2.05, 4.69) is 16.0 Å². The molecule has 0 spiro atoms. The van der Waals surface area contributed by atoms with Gasteiger partial charge >= 0.3 is 0 Å². The Bertz CT molecular complexity index is 581. The maximum absolute atomic E-state index is 5.44. The Morgan fingerprint density at radius 3 is 2.79 bits per heavy atom. The number of fused-ring (bicyclic) bond motifs is 1. The summed E-state index contributed by atoms with van der Waals surface area (Å²) < 4.78 is 5.44. The van der Waals surface area contributed by atoms with Crippen molar-refractivity contribution in [1.82, 2.24) is 9.97 Å². The molecule has 0 amide bonds. The SMILES string of the molecule is CCOc1cc(-c2cc3c(cn2)CCCC3)ccn1. The molecule has 1 aliphatic rings. The molecule has 98 valence electrons. The molecule has 0 N–H and O–H groups in total. The van der Waals surface area contributed by atoms with E-state index in [0.717, 1.165) is 11.3 Å². The molecule has 2 aromatic rings. The van der Waals surface area contributed by atoms with Gasteiger partial charge in [-0.3, -0.25) is 4.98 Å². The summed E-state index contributed by atoms with van der Waals surface area (Å²) >= 11 is 0. The van der Waals surface area contributed by atoms with Gasteiger partial charge in [0.25, 0.3) is 0 Å². The van der Waals surface area contributed by atoms with E-state index in [1.165, 1.54) is 36.8 Å². The molecule has 0 unspecified atom stereocenters. The van der Waals surface area contributed by atoms with E-state index < -0.39 is 0 Å². The van der Waals surface area contributed by atoms with Crippen LogP contribution in [-0.2, 0) is 12.8 Å². The minimum atomic E-state index is 0.633. The Labute approximate surface area is 113 Å². The topological polar surface area (TPSA) is 35.0 Å². The van der Waals surface area contributed by atoms with Gasteiger partial charge in [0, 0.05) is 24.0 Å². The predicted molar refractivity (Wildman–Crippen MR) is 75.3 cm³/mol. The molecule has 1 aliphatic carbocycles. The fourth-order valence-electron chi connectivity index (χ4n) is 2.57. The van der Waals surface area contributed by atoms with E-state index in [9.17, 15) is 0 Å². The van der Waals surface area contributed by atoms with Crippen molar-refractivity contribution in [3.05, 3.63) is 41.7 Å². The first kappa shape index (κ1) is 12.2. The zero-order valence-electron chi connectivity index (χ0n) is 11.2. The normalized spacial score (nSPS) is 13.9. The van der Waals surface area contributed by atoms with Crippen molar-refractivity contribution < 1.29 is 4.74 Å². The van der Waals surface area contributed by atoms with E-state index in [0.29, 0.717) is 12.5 Å². The summed E-state index contributed by atoms with van der Waals surface area (Å²) in [4.78, 5) is 8.77. The molecule has 0 fully saturated rings. The molecule has 0 aromatic carbocycles. The summed E-state index contributed by atoms with van der Waals surface area (Å²) in [6.07, 6.45) is 8.73. The highest BCUT2D eigenvalue weighted by molar-refractivity contribution is 5.61. The third-order valence-corrected chi connectivity index (χ3v) is 3.55. The van der Waals surface area contributed by atoms with Crippen molar-refractivity contribution in [3.63, 3.8) is 0 Å². The van der Waals surface area contributed by atoms with E-state index >= 15 is 0 Å². The fourth-order valence-corrected chi connectivity index (χ4v) is 2.57. The monoisotopic (exact) mass is 254 g/mol. The lowest BCUT2D eigenvalue weighted by molar-refractivity contribution is 0.327. The van der Waals surface area contributed by atoms with E-state index in [4.69, 9.17) is 4.74 Å². The van der Waals surface area contributed by atoms with Crippen LogP contribution in [0, 0.1) is 0 Å². The third-order valence-electron chi connectivity index (χ3n) is 3.55. The van der Waals surface area contributed by atoms with Gasteiger partial charge in [0.15, 0.2) is 0 Å². The van der Waals surface area contributed by atoms with Crippen LogP contribution in [0.15, 0.2) is 30.6 Å². The first-order valence-electron chi connectivity index (χ1n) is 6.94. The Morgan fingerprint density at radius 1 is 1.11 bits per heavy atom. The highest BCUT2D eigenvalue weighted by Crippen LogP contribution is 2.26. The van der Waals surface area contributed by atoms with Crippen molar-refractivity contribution >= 4 is 0 Å². The van der Waals surface area contributed by atoms with Gasteiger partial charge in [0.1, 0.15) is 0 Å². The number of ether oxygens (including phenoxy) is 1. The number of nitrogens with zero attached hydrogens (tertiary/aromatic N) is 2. The van der Waals surface area contributed by atoms with Gasteiger partial charge in [-0.25, -0.2) is 4.98 Å². The van der Waals surface area contributed by atoms with Crippen LogP contribution in [0.25, 0.3) is 11.3 Å².